The number of rotatable bonds is 26. The fourth-order valence-corrected chi connectivity index (χ4v) is 21.1. The summed E-state index contributed by atoms with van der Waals surface area (Å²) in [6, 6.07) is 51.9. The molecular weight excluding hydrogens is 1550 g/mol. The molecule has 14 heterocycles. The van der Waals surface area contributed by atoms with Crippen LogP contribution in [0.2, 0.25) is 15.1 Å². The van der Waals surface area contributed by atoms with Gasteiger partial charge in [0.05, 0.1) is 48.5 Å². The smallest absolute Gasteiger partial charge is 0.196 e. The van der Waals surface area contributed by atoms with Crippen LogP contribution in [-0.4, -0.2) is 147 Å². The normalized spacial score (nSPS) is 19.8. The van der Waals surface area contributed by atoms with E-state index in [1.54, 1.807) is 37.1 Å². The number of aromatic nitrogens is 15. The van der Waals surface area contributed by atoms with Gasteiger partial charge in [0.2, 0.25) is 0 Å². The molecule has 8 atom stereocenters. The summed E-state index contributed by atoms with van der Waals surface area (Å²) in [5, 5.41) is 16.3. The molecule has 0 amide bonds. The molecule has 11 aromatic heterocycles. The zero-order chi connectivity index (χ0) is 76.7. The number of H-pyrrole nitrogens is 3. The van der Waals surface area contributed by atoms with Crippen molar-refractivity contribution in [3.63, 3.8) is 0 Å². The second-order valence-electron chi connectivity index (χ2n) is 30.6. The average molecular weight is 1620 g/mol. The molecule has 20 rings (SSSR count). The number of halogens is 3. The van der Waals surface area contributed by atoms with Gasteiger partial charge in [-0.05, 0) is 155 Å². The molecule has 22 nitrogen and oxygen atoms in total. The lowest BCUT2D eigenvalue weighted by Gasteiger charge is -2.28. The number of anilines is 3. The number of aromatic amines is 3. The monoisotopic (exact) mass is 1620 g/mol. The number of aryl methyl sites for hydroxylation is 4. The van der Waals surface area contributed by atoms with Gasteiger partial charge in [0.15, 0.2) is 21.1 Å². The van der Waals surface area contributed by atoms with Crippen molar-refractivity contribution < 1.29 is 5.11 Å². The van der Waals surface area contributed by atoms with E-state index in [0.29, 0.717) is 126 Å². The van der Waals surface area contributed by atoms with Crippen LogP contribution in [0.5, 0.6) is 5.75 Å². The van der Waals surface area contributed by atoms with E-state index < -0.39 is 0 Å². The Morgan fingerprint density at radius 1 is 0.439 bits per heavy atom. The standard InChI is InChI=1S/C86H78Cl3N21OS3/c1-2-63-72(87)69-78(97-63)100-84(112-55-31-54(111)34-91-35-55)103-81(69)108-42-53(62(90)47-108)24-26-66-74(89)71-80(99-66)102-86(114-57-33-68-77(96-37-57)94-29-28-93-68)105-83(71)110-45-60-61(46-110)76(60)107(40-51-18-10-5-11-19-51)41-52-21-12-20-48(30-52)23-25-65-73(88)70-79(98-65)101-85(113-56-32-67-64(95-36-56)22-13-27-92-67)104-82(70)109-43-58-59(44-109)75(58)106(38-49-14-6-3-7-15-49)39-50-16-8-4-9-17-50/h3-22,27-37,53,58-62,75-76,111H,2,23-26,38-47,90H2,1H3,(H,97,100,103)(H,98,101,104)(H,99,102,105)/t53?,58-,59+,60-,61+,62-,75+,76+/m0/s1. The van der Waals surface area contributed by atoms with E-state index in [1.165, 1.54) is 69.3 Å². The van der Waals surface area contributed by atoms with E-state index in [0.717, 1.165) is 142 Å². The van der Waals surface area contributed by atoms with E-state index in [9.17, 15) is 5.11 Å². The number of hydrogen-bond donors (Lipinski definition) is 5. The van der Waals surface area contributed by atoms with Gasteiger partial charge >= 0.3 is 0 Å². The van der Waals surface area contributed by atoms with Crippen LogP contribution in [0.15, 0.2) is 219 Å². The molecule has 114 heavy (non-hydrogen) atoms. The van der Waals surface area contributed by atoms with Crippen LogP contribution in [-0.2, 0) is 51.9 Å². The SMILES string of the molecule is CCc1[nH]c2nc(Sc3cncc(O)c3)nc(N3CC(CCc4[nH]c5nc(Sc6cnc7nccnc7c6)nc(N6C[C@@H]7[C@H](C6)[C@H]7N(Cc6ccccc6)Cc6cccc(CCc7[nH]c8nc(Sc9cnc%10cccnc%10c9)nc(N9C[C@@H]%10[C@H](C9)[C@H]%10N(Cc9ccccc9)Cc9ccccc9)c8c7Cl)c6)c5c4Cl)[C@@H](N)C3)c2c1Cl. The van der Waals surface area contributed by atoms with Crippen molar-refractivity contribution in [2.24, 2.45) is 35.3 Å². The molecule has 28 heteroatoms. The largest absolute Gasteiger partial charge is 0.506 e. The number of benzene rings is 4. The highest BCUT2D eigenvalue weighted by Crippen LogP contribution is 2.54. The van der Waals surface area contributed by atoms with E-state index >= 15 is 0 Å². The quantitative estimate of drug-likeness (QED) is 0.0315. The third-order valence-corrected chi connectivity index (χ3v) is 27.0. The Labute approximate surface area is 685 Å². The predicted molar refractivity (Wildman–Crippen MR) is 451 cm³/mol. The molecule has 6 N–H and O–H groups in total. The molecule has 3 aliphatic heterocycles. The molecule has 572 valence electrons. The molecule has 0 spiro atoms. The molecule has 0 bridgehead atoms. The molecule has 2 aliphatic carbocycles. The molecule has 5 aliphatic rings. The van der Waals surface area contributed by atoms with Gasteiger partial charge in [-0.3, -0.25) is 29.7 Å². The number of aromatic hydroxyl groups is 1. The van der Waals surface area contributed by atoms with E-state index in [-0.39, 0.29) is 17.7 Å². The number of nitrogens with zero attached hydrogens (tertiary/aromatic N) is 17. The summed E-state index contributed by atoms with van der Waals surface area (Å²) in [6.45, 7) is 10.0. The first-order valence-corrected chi connectivity index (χ1v) is 42.3. The molecule has 15 aromatic rings. The molecule has 3 saturated heterocycles. The maximum atomic E-state index is 10.2. The molecule has 2 saturated carbocycles. The predicted octanol–water partition coefficient (Wildman–Crippen LogP) is 16.3. The summed E-state index contributed by atoms with van der Waals surface area (Å²) >= 11 is 26.8. The Hall–Kier alpha value is -10.1. The zero-order valence-electron chi connectivity index (χ0n) is 62.1. The Balaban J connectivity index is 0.548. The number of hydrogen-bond acceptors (Lipinski definition) is 22. The van der Waals surface area contributed by atoms with Gasteiger partial charge in [-0.15, -0.1) is 0 Å². The second kappa shape index (κ2) is 30.9. The van der Waals surface area contributed by atoms with Crippen molar-refractivity contribution in [1.29, 1.82) is 0 Å². The number of pyridine rings is 4. The topological polar surface area (TPSA) is 264 Å². The van der Waals surface area contributed by atoms with Crippen molar-refractivity contribution >= 4 is 143 Å². The Bertz CT molecular complexity index is 6060. The fourth-order valence-electron chi connectivity index (χ4n) is 17.8. The molecule has 5 fully saturated rings. The first-order valence-electron chi connectivity index (χ1n) is 38.8. The number of fused-ring (bicyclic) bond motifs is 7. The zero-order valence-corrected chi connectivity index (χ0v) is 66.8. The third kappa shape index (κ3) is 14.7. The van der Waals surface area contributed by atoms with Gasteiger partial charge in [0.1, 0.15) is 45.7 Å². The second-order valence-corrected chi connectivity index (χ2v) is 34.9. The van der Waals surface area contributed by atoms with E-state index in [2.05, 4.69) is 193 Å². The van der Waals surface area contributed by atoms with Gasteiger partial charge in [-0.1, -0.05) is 157 Å². The van der Waals surface area contributed by atoms with Gasteiger partial charge in [0, 0.05) is 153 Å². The van der Waals surface area contributed by atoms with Gasteiger partial charge in [-0.2, -0.15) is 0 Å². The van der Waals surface area contributed by atoms with Crippen molar-refractivity contribution in [2.45, 2.75) is 113 Å². The van der Waals surface area contributed by atoms with Crippen molar-refractivity contribution in [3.8, 4) is 5.75 Å². The third-order valence-electron chi connectivity index (χ3n) is 23.3. The van der Waals surface area contributed by atoms with E-state index in [4.69, 9.17) is 75.4 Å². The minimum atomic E-state index is -0.169. The minimum absolute atomic E-state index is 0.0638. The van der Waals surface area contributed by atoms with Crippen molar-refractivity contribution in [1.82, 2.24) is 84.6 Å². The van der Waals surface area contributed by atoms with Crippen LogP contribution < -0.4 is 20.4 Å². The highest BCUT2D eigenvalue weighted by atomic mass is 35.5. The van der Waals surface area contributed by atoms with Crippen molar-refractivity contribution in [2.75, 3.05) is 54.0 Å². The van der Waals surface area contributed by atoms with Crippen LogP contribution >= 0.6 is 70.1 Å². The lowest BCUT2D eigenvalue weighted by Crippen LogP contribution is -2.35. The maximum absolute atomic E-state index is 10.2. The highest BCUT2D eigenvalue weighted by Gasteiger charge is 2.60. The van der Waals surface area contributed by atoms with Crippen LogP contribution in [0.4, 0.5) is 17.5 Å². The number of nitrogens with one attached hydrogen (secondary N) is 3. The summed E-state index contributed by atoms with van der Waals surface area (Å²) in [6.07, 6.45) is 15.4. The first-order chi connectivity index (χ1) is 55.9. The summed E-state index contributed by atoms with van der Waals surface area (Å²) in [7, 11) is 0. The van der Waals surface area contributed by atoms with Crippen molar-refractivity contribution in [3.05, 3.63) is 249 Å². The number of nitrogens with two attached hydrogens (primary N) is 1. The number of piperidine rings is 2. The van der Waals surface area contributed by atoms with Crippen LogP contribution in [0.3, 0.4) is 0 Å². The molecular formula is C86H78Cl3N21OS3. The molecule has 4 aromatic carbocycles. The molecule has 1 unspecified atom stereocenters. The maximum Gasteiger partial charge on any atom is 0.196 e. The molecule has 0 radical (unpaired) electrons. The highest BCUT2D eigenvalue weighted by molar-refractivity contribution is 7.99. The first kappa shape index (κ1) is 72.9. The van der Waals surface area contributed by atoms with Crippen LogP contribution in [0.1, 0.15) is 58.2 Å². The average Bonchev–Trinajstić information content (AvgIpc) is 1.56. The summed E-state index contributed by atoms with van der Waals surface area (Å²) < 4.78 is 0. The lowest BCUT2D eigenvalue weighted by molar-refractivity contribution is 0.222. The summed E-state index contributed by atoms with van der Waals surface area (Å²) in [5.41, 5.74) is 21.2. The van der Waals surface area contributed by atoms with Gasteiger partial charge in [0.25, 0.3) is 0 Å². The minimum Gasteiger partial charge on any atom is -0.506 e. The van der Waals surface area contributed by atoms with Gasteiger partial charge in [-0.25, -0.2) is 39.9 Å². The van der Waals surface area contributed by atoms with E-state index in [1.807, 2.05) is 24.4 Å². The van der Waals surface area contributed by atoms with Crippen LogP contribution in [0.25, 0.3) is 55.3 Å². The van der Waals surface area contributed by atoms with Gasteiger partial charge < -0.3 is 40.5 Å². The Morgan fingerprint density at radius 2 is 0.912 bits per heavy atom. The fraction of sp³-hybridized carbons (Fsp3) is 0.279. The Kier molecular flexibility index (Phi) is 19.8. The summed E-state index contributed by atoms with van der Waals surface area (Å²) in [4.78, 5) is 84.3. The Morgan fingerprint density at radius 3 is 1.47 bits per heavy atom. The lowest BCUT2D eigenvalue weighted by atomic mass is 9.97. The summed E-state index contributed by atoms with van der Waals surface area (Å²) in [5.74, 6) is 4.29. The van der Waals surface area contributed by atoms with Crippen LogP contribution in [0, 0.1) is 29.6 Å².